The molecule has 6 nitrogen and oxygen atoms in total. The molecule has 1 aliphatic heterocycles. The van der Waals surface area contributed by atoms with Gasteiger partial charge in [-0.2, -0.15) is 0 Å². The van der Waals surface area contributed by atoms with Crippen molar-refractivity contribution in [2.45, 2.75) is 38.9 Å². The molecule has 0 fully saturated rings. The molecule has 0 aliphatic carbocycles. The Balaban J connectivity index is 1.58. The van der Waals surface area contributed by atoms with Gasteiger partial charge in [-0.25, -0.2) is 0 Å². The summed E-state index contributed by atoms with van der Waals surface area (Å²) in [5, 5.41) is 6.12. The Kier molecular flexibility index (Phi) is 5.65. The minimum absolute atomic E-state index is 0.162. The van der Waals surface area contributed by atoms with Crippen LogP contribution >= 0.6 is 11.3 Å². The molecule has 4 aromatic rings. The molecule has 2 amide bonds. The van der Waals surface area contributed by atoms with Gasteiger partial charge in [0.15, 0.2) is 0 Å². The van der Waals surface area contributed by atoms with Gasteiger partial charge in [0, 0.05) is 23.2 Å². The van der Waals surface area contributed by atoms with Gasteiger partial charge < -0.3 is 14.6 Å². The lowest BCUT2D eigenvalue weighted by Crippen LogP contribution is -2.64. The van der Waals surface area contributed by atoms with Crippen LogP contribution in [0.3, 0.4) is 0 Å². The highest BCUT2D eigenvalue weighted by Gasteiger charge is 2.49. The number of para-hydroxylation sites is 2. The van der Waals surface area contributed by atoms with Crippen molar-refractivity contribution in [2.24, 2.45) is 0 Å². The minimum Gasteiger partial charge on any atom is -0.496 e. The SMILES string of the molecule is CCc1ccccc1N1C(=O)c2cc3ccsc3n2CC1(C)C(=O)NCc1ccccc1OC. The molecule has 2 aromatic carbocycles. The standard InChI is InChI=1S/C27H27N3O3S/c1-4-18-9-5-7-11-21(18)30-24(31)22-15-19-13-14-34-25(19)29(22)17-27(30,2)26(32)28-16-20-10-6-8-12-23(20)33-3/h5-15H,4,16-17H2,1-3H3,(H,28,32). The minimum atomic E-state index is -1.12. The molecule has 1 N–H and O–H groups in total. The molecule has 0 radical (unpaired) electrons. The fourth-order valence-electron chi connectivity index (χ4n) is 4.82. The van der Waals surface area contributed by atoms with E-state index in [-0.39, 0.29) is 11.8 Å². The Morgan fingerprint density at radius 2 is 1.85 bits per heavy atom. The fraction of sp³-hybridized carbons (Fsp3) is 0.259. The summed E-state index contributed by atoms with van der Waals surface area (Å²) in [7, 11) is 1.62. The largest absolute Gasteiger partial charge is 0.496 e. The van der Waals surface area contributed by atoms with Gasteiger partial charge in [-0.15, -0.1) is 11.3 Å². The van der Waals surface area contributed by atoms with Crippen molar-refractivity contribution < 1.29 is 14.3 Å². The predicted molar refractivity (Wildman–Crippen MR) is 136 cm³/mol. The van der Waals surface area contributed by atoms with Gasteiger partial charge in [-0.05, 0) is 48.6 Å². The third kappa shape index (κ3) is 3.47. The number of amides is 2. The van der Waals surface area contributed by atoms with Crippen LogP contribution in [-0.4, -0.2) is 29.0 Å². The van der Waals surface area contributed by atoms with Gasteiger partial charge >= 0.3 is 0 Å². The molecule has 0 spiro atoms. The quantitative estimate of drug-likeness (QED) is 0.428. The first kappa shape index (κ1) is 22.2. The Hall–Kier alpha value is -3.58. The third-order valence-corrected chi connectivity index (χ3v) is 7.57. The van der Waals surface area contributed by atoms with Crippen LogP contribution < -0.4 is 15.0 Å². The fourth-order valence-corrected chi connectivity index (χ4v) is 5.71. The summed E-state index contributed by atoms with van der Waals surface area (Å²) < 4.78 is 7.44. The average Bonchev–Trinajstić information content (AvgIpc) is 3.45. The topological polar surface area (TPSA) is 63.6 Å². The average molecular weight is 474 g/mol. The molecule has 1 aliphatic rings. The van der Waals surface area contributed by atoms with E-state index in [9.17, 15) is 9.59 Å². The van der Waals surface area contributed by atoms with Crippen LogP contribution in [0.1, 0.15) is 35.5 Å². The number of anilines is 1. The summed E-state index contributed by atoms with van der Waals surface area (Å²) in [5.74, 6) is 0.348. The lowest BCUT2D eigenvalue weighted by atomic mass is 9.92. The van der Waals surface area contributed by atoms with E-state index in [2.05, 4.69) is 12.2 Å². The Bertz CT molecular complexity index is 1390. The van der Waals surface area contributed by atoms with E-state index in [0.717, 1.165) is 33.5 Å². The molecule has 174 valence electrons. The van der Waals surface area contributed by atoms with E-state index >= 15 is 0 Å². The van der Waals surface area contributed by atoms with E-state index in [1.165, 1.54) is 0 Å². The summed E-state index contributed by atoms with van der Waals surface area (Å²) in [5.41, 5.74) is 2.18. The molecule has 2 aromatic heterocycles. The van der Waals surface area contributed by atoms with E-state index in [4.69, 9.17) is 4.74 Å². The van der Waals surface area contributed by atoms with E-state index in [0.29, 0.717) is 24.5 Å². The Morgan fingerprint density at radius 3 is 2.62 bits per heavy atom. The number of methoxy groups -OCH3 is 1. The number of nitrogens with one attached hydrogen (secondary N) is 1. The number of aryl methyl sites for hydroxylation is 1. The van der Waals surface area contributed by atoms with Crippen LogP contribution in [0, 0.1) is 0 Å². The molecule has 5 rings (SSSR count). The van der Waals surface area contributed by atoms with Gasteiger partial charge in [-0.3, -0.25) is 14.5 Å². The van der Waals surface area contributed by atoms with Crippen molar-refractivity contribution in [1.82, 2.24) is 9.88 Å². The van der Waals surface area contributed by atoms with Crippen molar-refractivity contribution in [2.75, 3.05) is 12.0 Å². The highest BCUT2D eigenvalue weighted by Crippen LogP contribution is 2.38. The van der Waals surface area contributed by atoms with Gasteiger partial charge in [0.1, 0.15) is 21.8 Å². The normalized spacial score (nSPS) is 17.6. The number of benzene rings is 2. The van der Waals surface area contributed by atoms with Crippen molar-refractivity contribution in [3.05, 3.63) is 82.9 Å². The maximum Gasteiger partial charge on any atom is 0.275 e. The number of carbonyl (C=O) groups is 2. The summed E-state index contributed by atoms with van der Waals surface area (Å²) in [6.45, 7) is 4.60. The van der Waals surface area contributed by atoms with Gasteiger partial charge in [0.2, 0.25) is 5.91 Å². The van der Waals surface area contributed by atoms with Crippen LogP contribution in [-0.2, 0) is 24.3 Å². The van der Waals surface area contributed by atoms with Crippen LogP contribution in [0.15, 0.2) is 66.0 Å². The van der Waals surface area contributed by atoms with Gasteiger partial charge in [0.25, 0.3) is 5.91 Å². The summed E-state index contributed by atoms with van der Waals surface area (Å²) >= 11 is 1.59. The molecule has 0 saturated carbocycles. The summed E-state index contributed by atoms with van der Waals surface area (Å²) in [6, 6.07) is 19.4. The van der Waals surface area contributed by atoms with E-state index in [1.807, 2.05) is 77.5 Å². The first-order valence-electron chi connectivity index (χ1n) is 11.4. The maximum atomic E-state index is 14.0. The third-order valence-electron chi connectivity index (χ3n) is 6.62. The summed E-state index contributed by atoms with van der Waals surface area (Å²) in [6.07, 6.45) is 0.759. The highest BCUT2D eigenvalue weighted by molar-refractivity contribution is 7.16. The van der Waals surface area contributed by atoms with Crippen molar-refractivity contribution >= 4 is 39.1 Å². The molecular formula is C27H27N3O3S. The second-order valence-corrected chi connectivity index (χ2v) is 9.58. The molecule has 0 saturated heterocycles. The molecule has 34 heavy (non-hydrogen) atoms. The zero-order chi connectivity index (χ0) is 23.9. The molecule has 7 heteroatoms. The first-order chi connectivity index (χ1) is 16.5. The van der Waals surface area contributed by atoms with E-state index in [1.54, 1.807) is 23.3 Å². The monoisotopic (exact) mass is 473 g/mol. The number of hydrogen-bond donors (Lipinski definition) is 1. The lowest BCUT2D eigenvalue weighted by Gasteiger charge is -2.44. The number of aromatic nitrogens is 1. The van der Waals surface area contributed by atoms with Gasteiger partial charge in [0.05, 0.1) is 13.7 Å². The number of thiophene rings is 1. The van der Waals surface area contributed by atoms with Crippen LogP contribution in [0.5, 0.6) is 5.75 Å². The second-order valence-electron chi connectivity index (χ2n) is 8.69. The van der Waals surface area contributed by atoms with Crippen molar-refractivity contribution in [3.63, 3.8) is 0 Å². The summed E-state index contributed by atoms with van der Waals surface area (Å²) in [4.78, 5) is 30.5. The van der Waals surface area contributed by atoms with Crippen molar-refractivity contribution in [1.29, 1.82) is 0 Å². The van der Waals surface area contributed by atoms with E-state index < -0.39 is 5.54 Å². The van der Waals surface area contributed by atoms with Crippen LogP contribution in [0.25, 0.3) is 10.2 Å². The number of ether oxygens (including phenoxy) is 1. The van der Waals surface area contributed by atoms with Crippen molar-refractivity contribution in [3.8, 4) is 5.75 Å². The van der Waals surface area contributed by atoms with Gasteiger partial charge in [-0.1, -0.05) is 43.3 Å². The smallest absolute Gasteiger partial charge is 0.275 e. The maximum absolute atomic E-state index is 14.0. The molecule has 1 unspecified atom stereocenters. The lowest BCUT2D eigenvalue weighted by molar-refractivity contribution is -0.126. The van der Waals surface area contributed by atoms with Crippen LogP contribution in [0.2, 0.25) is 0 Å². The number of carbonyl (C=O) groups excluding carboxylic acids is 2. The van der Waals surface area contributed by atoms with Crippen LogP contribution in [0.4, 0.5) is 5.69 Å². The number of hydrogen-bond acceptors (Lipinski definition) is 4. The first-order valence-corrected chi connectivity index (χ1v) is 12.2. The zero-order valence-electron chi connectivity index (χ0n) is 19.5. The second kappa shape index (κ2) is 8.65. The predicted octanol–water partition coefficient (Wildman–Crippen LogP) is 5.01. The Morgan fingerprint density at radius 1 is 1.12 bits per heavy atom. The Labute approximate surface area is 202 Å². The number of rotatable bonds is 6. The number of fused-ring (bicyclic) bond motifs is 3. The molecule has 3 heterocycles. The highest BCUT2D eigenvalue weighted by atomic mass is 32.1. The molecule has 1 atom stereocenters. The zero-order valence-corrected chi connectivity index (χ0v) is 20.3. The number of nitrogens with zero attached hydrogens (tertiary/aromatic N) is 2. The molecular weight excluding hydrogens is 446 g/mol. The molecule has 0 bridgehead atoms.